The number of halogens is 2. The van der Waals surface area contributed by atoms with E-state index in [0.717, 1.165) is 0 Å². The van der Waals surface area contributed by atoms with Crippen molar-refractivity contribution in [1.29, 1.82) is 0 Å². The number of hydrogen-bond acceptors (Lipinski definition) is 3. The van der Waals surface area contributed by atoms with Gasteiger partial charge >= 0.3 is 5.97 Å². The summed E-state index contributed by atoms with van der Waals surface area (Å²) in [5, 5.41) is 18.4. The van der Waals surface area contributed by atoms with E-state index in [0.29, 0.717) is 0 Å². The highest BCUT2D eigenvalue weighted by molar-refractivity contribution is 6.35. The van der Waals surface area contributed by atoms with Gasteiger partial charge in [-0.3, -0.25) is 0 Å². The zero-order valence-electron chi connectivity index (χ0n) is 7.70. The smallest absolute Gasteiger partial charge is 0.337 e. The summed E-state index contributed by atoms with van der Waals surface area (Å²) in [5.74, 6) is -1.29. The van der Waals surface area contributed by atoms with Crippen molar-refractivity contribution >= 4 is 29.2 Å². The van der Waals surface area contributed by atoms with Crippen LogP contribution in [0.25, 0.3) is 0 Å². The van der Waals surface area contributed by atoms with Gasteiger partial charge in [0.15, 0.2) is 6.10 Å². The predicted octanol–water partition coefficient (Wildman–Crippen LogP) is 2.12. The minimum Gasteiger partial charge on any atom is -0.495 e. The SMILES string of the molecule is COc1c(Cl)cc(Cl)cc1C(O)C(=O)O. The summed E-state index contributed by atoms with van der Waals surface area (Å²) in [6.07, 6.45) is -1.71. The van der Waals surface area contributed by atoms with Gasteiger partial charge in [-0.15, -0.1) is 0 Å². The van der Waals surface area contributed by atoms with Crippen LogP contribution in [0.2, 0.25) is 10.0 Å². The number of hydrogen-bond donors (Lipinski definition) is 2. The number of rotatable bonds is 3. The summed E-state index contributed by atoms with van der Waals surface area (Å²) in [6.45, 7) is 0. The molecule has 6 heteroatoms. The van der Waals surface area contributed by atoms with E-state index in [1.54, 1.807) is 0 Å². The lowest BCUT2D eigenvalue weighted by molar-refractivity contribution is -0.147. The van der Waals surface area contributed by atoms with Crippen LogP contribution >= 0.6 is 23.2 Å². The van der Waals surface area contributed by atoms with Gasteiger partial charge in [0.2, 0.25) is 0 Å². The summed E-state index contributed by atoms with van der Waals surface area (Å²) in [4.78, 5) is 10.6. The quantitative estimate of drug-likeness (QED) is 0.863. The van der Waals surface area contributed by atoms with Crippen LogP contribution < -0.4 is 4.74 Å². The first kappa shape index (κ1) is 12.1. The van der Waals surface area contributed by atoms with Crippen molar-refractivity contribution in [2.75, 3.05) is 7.11 Å². The van der Waals surface area contributed by atoms with Crippen molar-refractivity contribution < 1.29 is 19.7 Å². The number of carboxylic acid groups (broad SMARTS) is 1. The van der Waals surface area contributed by atoms with Gasteiger partial charge in [-0.2, -0.15) is 0 Å². The third-order valence-electron chi connectivity index (χ3n) is 1.77. The molecule has 15 heavy (non-hydrogen) atoms. The van der Waals surface area contributed by atoms with Crippen LogP contribution in [0, 0.1) is 0 Å². The van der Waals surface area contributed by atoms with Crippen LogP contribution in [0.3, 0.4) is 0 Å². The molecular weight excluding hydrogens is 243 g/mol. The Morgan fingerprint density at radius 1 is 1.47 bits per heavy atom. The molecule has 0 bridgehead atoms. The highest BCUT2D eigenvalue weighted by Crippen LogP contribution is 2.35. The lowest BCUT2D eigenvalue weighted by atomic mass is 10.1. The van der Waals surface area contributed by atoms with Crippen molar-refractivity contribution in [1.82, 2.24) is 0 Å². The van der Waals surface area contributed by atoms with Crippen LogP contribution in [-0.4, -0.2) is 23.3 Å². The maximum Gasteiger partial charge on any atom is 0.337 e. The fourth-order valence-electron chi connectivity index (χ4n) is 1.13. The molecule has 0 aromatic heterocycles. The number of carbonyl (C=O) groups is 1. The molecule has 1 unspecified atom stereocenters. The summed E-state index contributed by atoms with van der Waals surface area (Å²) in [7, 11) is 1.33. The number of carboxylic acids is 1. The van der Waals surface area contributed by atoms with Crippen molar-refractivity contribution in [2.45, 2.75) is 6.10 Å². The van der Waals surface area contributed by atoms with E-state index in [-0.39, 0.29) is 21.4 Å². The molecule has 0 heterocycles. The molecule has 1 atom stereocenters. The third-order valence-corrected chi connectivity index (χ3v) is 2.27. The molecule has 0 radical (unpaired) electrons. The van der Waals surface area contributed by atoms with Gasteiger partial charge in [-0.05, 0) is 12.1 Å². The van der Waals surface area contributed by atoms with Gasteiger partial charge in [-0.25, -0.2) is 4.79 Å². The molecule has 0 spiro atoms. The fourth-order valence-corrected chi connectivity index (χ4v) is 1.72. The van der Waals surface area contributed by atoms with E-state index in [1.165, 1.54) is 19.2 Å². The van der Waals surface area contributed by atoms with E-state index in [9.17, 15) is 9.90 Å². The number of ether oxygens (including phenoxy) is 1. The average Bonchev–Trinajstić information content (AvgIpc) is 2.15. The molecule has 2 N–H and O–H groups in total. The standard InChI is InChI=1S/C9H8Cl2O4/c1-15-8-5(7(12)9(13)14)2-4(10)3-6(8)11/h2-3,7,12H,1H3,(H,13,14). The van der Waals surface area contributed by atoms with Crippen LogP contribution in [0.1, 0.15) is 11.7 Å². The molecular formula is C9H8Cl2O4. The molecule has 0 saturated heterocycles. The predicted molar refractivity (Wildman–Crippen MR) is 55.6 cm³/mol. The Balaban J connectivity index is 3.32. The Kier molecular flexibility index (Phi) is 3.79. The van der Waals surface area contributed by atoms with E-state index in [2.05, 4.69) is 0 Å². The van der Waals surface area contributed by atoms with Gasteiger partial charge in [0, 0.05) is 10.6 Å². The largest absolute Gasteiger partial charge is 0.495 e. The molecule has 1 aromatic rings. The Hall–Kier alpha value is -0.970. The van der Waals surface area contributed by atoms with Crippen molar-refractivity contribution in [3.05, 3.63) is 27.7 Å². The Labute approximate surface area is 96.0 Å². The molecule has 0 amide bonds. The summed E-state index contributed by atoms with van der Waals surface area (Å²) >= 11 is 11.5. The highest BCUT2D eigenvalue weighted by atomic mass is 35.5. The number of methoxy groups -OCH3 is 1. The lowest BCUT2D eigenvalue weighted by Gasteiger charge is -2.13. The maximum absolute atomic E-state index is 10.6. The molecule has 0 aliphatic heterocycles. The Morgan fingerprint density at radius 2 is 2.07 bits per heavy atom. The molecule has 0 saturated carbocycles. The van der Waals surface area contributed by atoms with Crippen molar-refractivity contribution in [2.24, 2.45) is 0 Å². The lowest BCUT2D eigenvalue weighted by Crippen LogP contribution is -2.11. The molecule has 0 aliphatic rings. The van der Waals surface area contributed by atoms with E-state index in [4.69, 9.17) is 33.0 Å². The average molecular weight is 251 g/mol. The molecule has 4 nitrogen and oxygen atoms in total. The zero-order chi connectivity index (χ0) is 11.6. The van der Waals surface area contributed by atoms with Crippen LogP contribution in [0.4, 0.5) is 0 Å². The minimum absolute atomic E-state index is 0.0301. The second-order valence-electron chi connectivity index (χ2n) is 2.75. The number of aliphatic hydroxyl groups excluding tert-OH is 1. The minimum atomic E-state index is -1.71. The van der Waals surface area contributed by atoms with Crippen LogP contribution in [0.15, 0.2) is 12.1 Å². The van der Waals surface area contributed by atoms with Crippen molar-refractivity contribution in [3.63, 3.8) is 0 Å². The van der Waals surface area contributed by atoms with Gasteiger partial charge in [0.1, 0.15) is 5.75 Å². The Bertz CT molecular complexity index is 392. The molecule has 82 valence electrons. The fraction of sp³-hybridized carbons (Fsp3) is 0.222. The summed E-state index contributed by atoms with van der Waals surface area (Å²) in [6, 6.07) is 2.70. The Morgan fingerprint density at radius 3 is 2.53 bits per heavy atom. The van der Waals surface area contributed by atoms with Crippen molar-refractivity contribution in [3.8, 4) is 5.75 Å². The molecule has 1 rings (SSSR count). The van der Waals surface area contributed by atoms with Crippen LogP contribution in [-0.2, 0) is 4.79 Å². The van der Waals surface area contributed by atoms with Gasteiger partial charge in [0.05, 0.1) is 12.1 Å². The first-order valence-electron chi connectivity index (χ1n) is 3.91. The topological polar surface area (TPSA) is 66.8 Å². The second-order valence-corrected chi connectivity index (χ2v) is 3.59. The number of benzene rings is 1. The summed E-state index contributed by atoms with van der Waals surface area (Å²) in [5.41, 5.74) is 0.0301. The highest BCUT2D eigenvalue weighted by Gasteiger charge is 2.22. The molecule has 0 fully saturated rings. The molecule has 1 aromatic carbocycles. The van der Waals surface area contributed by atoms with Gasteiger partial charge in [0.25, 0.3) is 0 Å². The van der Waals surface area contributed by atoms with Crippen LogP contribution in [0.5, 0.6) is 5.75 Å². The first-order chi connectivity index (χ1) is 6.97. The second kappa shape index (κ2) is 4.70. The number of aliphatic carboxylic acids is 1. The van der Waals surface area contributed by atoms with E-state index < -0.39 is 12.1 Å². The van der Waals surface area contributed by atoms with Gasteiger partial charge < -0.3 is 14.9 Å². The summed E-state index contributed by atoms with van der Waals surface area (Å²) < 4.78 is 4.89. The molecule has 0 aliphatic carbocycles. The number of aliphatic hydroxyl groups is 1. The van der Waals surface area contributed by atoms with Gasteiger partial charge in [-0.1, -0.05) is 23.2 Å². The normalized spacial score (nSPS) is 12.3. The zero-order valence-corrected chi connectivity index (χ0v) is 9.21. The van der Waals surface area contributed by atoms with E-state index >= 15 is 0 Å². The van der Waals surface area contributed by atoms with E-state index in [1.807, 2.05) is 0 Å². The monoisotopic (exact) mass is 250 g/mol. The maximum atomic E-state index is 10.6. The third kappa shape index (κ3) is 2.53. The first-order valence-corrected chi connectivity index (χ1v) is 4.66.